The Morgan fingerprint density at radius 3 is 3.00 bits per heavy atom. The Hall–Kier alpha value is -1.01. The quantitative estimate of drug-likeness (QED) is 0.643. The smallest absolute Gasteiger partial charge is 0.295 e. The van der Waals surface area contributed by atoms with Crippen molar-refractivity contribution >= 4 is 5.91 Å². The van der Waals surface area contributed by atoms with Crippen molar-refractivity contribution in [3.63, 3.8) is 0 Å². The van der Waals surface area contributed by atoms with Crippen molar-refractivity contribution in [2.24, 2.45) is 5.41 Å². The van der Waals surface area contributed by atoms with E-state index in [4.69, 9.17) is 6.42 Å². The third kappa shape index (κ3) is 2.74. The standard InChI is InChI=1S/C11H18N2O/c1-3-10(14)13-9-11(4-2)6-5-7-12-8-11/h1,12H,4-9H2,2H3,(H,13,14). The highest BCUT2D eigenvalue weighted by molar-refractivity contribution is 5.92. The molecule has 2 N–H and O–H groups in total. The summed E-state index contributed by atoms with van der Waals surface area (Å²) in [6.07, 6.45) is 8.42. The number of carbonyl (C=O) groups excluding carboxylic acids is 1. The lowest BCUT2D eigenvalue weighted by Crippen LogP contribution is -2.47. The van der Waals surface area contributed by atoms with Crippen LogP contribution in [-0.4, -0.2) is 25.5 Å². The maximum absolute atomic E-state index is 10.9. The zero-order valence-electron chi connectivity index (χ0n) is 8.73. The van der Waals surface area contributed by atoms with Crippen LogP contribution >= 0.6 is 0 Å². The Bertz CT molecular complexity index is 236. The van der Waals surface area contributed by atoms with Gasteiger partial charge in [-0.2, -0.15) is 0 Å². The van der Waals surface area contributed by atoms with Crippen LogP contribution in [0.25, 0.3) is 0 Å². The summed E-state index contributed by atoms with van der Waals surface area (Å²) in [5, 5.41) is 6.14. The number of hydrogen-bond donors (Lipinski definition) is 2. The molecule has 0 aromatic rings. The molecule has 1 heterocycles. The highest BCUT2D eigenvalue weighted by atomic mass is 16.1. The molecule has 0 aromatic carbocycles. The summed E-state index contributed by atoms with van der Waals surface area (Å²) in [4.78, 5) is 10.9. The van der Waals surface area contributed by atoms with E-state index in [1.165, 1.54) is 12.8 Å². The molecular formula is C11H18N2O. The molecule has 1 atom stereocenters. The molecule has 1 rings (SSSR count). The molecule has 0 aliphatic carbocycles. The molecule has 1 aliphatic rings. The molecule has 1 amide bonds. The fourth-order valence-electron chi connectivity index (χ4n) is 1.93. The van der Waals surface area contributed by atoms with Gasteiger partial charge in [-0.1, -0.05) is 6.92 Å². The van der Waals surface area contributed by atoms with Crippen LogP contribution < -0.4 is 10.6 Å². The van der Waals surface area contributed by atoms with Crippen LogP contribution in [0.2, 0.25) is 0 Å². The number of rotatable bonds is 3. The van der Waals surface area contributed by atoms with Crippen molar-refractivity contribution < 1.29 is 4.79 Å². The number of nitrogens with one attached hydrogen (secondary N) is 2. The zero-order valence-corrected chi connectivity index (χ0v) is 8.73. The van der Waals surface area contributed by atoms with Gasteiger partial charge in [0.2, 0.25) is 0 Å². The Kier molecular flexibility index (Phi) is 3.97. The van der Waals surface area contributed by atoms with Crippen LogP contribution in [-0.2, 0) is 4.79 Å². The van der Waals surface area contributed by atoms with Crippen molar-refractivity contribution in [2.45, 2.75) is 26.2 Å². The minimum atomic E-state index is -0.302. The molecule has 1 aliphatic heterocycles. The molecule has 78 valence electrons. The van der Waals surface area contributed by atoms with Crippen LogP contribution in [0, 0.1) is 17.8 Å². The zero-order chi connectivity index (χ0) is 10.4. The second kappa shape index (κ2) is 5.02. The largest absolute Gasteiger partial charge is 0.345 e. The topological polar surface area (TPSA) is 41.1 Å². The normalized spacial score (nSPS) is 26.6. The lowest BCUT2D eigenvalue weighted by atomic mass is 9.78. The van der Waals surface area contributed by atoms with Crippen molar-refractivity contribution in [1.29, 1.82) is 0 Å². The summed E-state index contributed by atoms with van der Waals surface area (Å²) in [6.45, 7) is 4.92. The van der Waals surface area contributed by atoms with Crippen LogP contribution in [0.3, 0.4) is 0 Å². The Morgan fingerprint density at radius 2 is 2.50 bits per heavy atom. The summed E-state index contributed by atoms with van der Waals surface area (Å²) < 4.78 is 0. The summed E-state index contributed by atoms with van der Waals surface area (Å²) in [6, 6.07) is 0. The van der Waals surface area contributed by atoms with E-state index in [0.717, 1.165) is 19.5 Å². The number of carbonyl (C=O) groups is 1. The molecule has 1 unspecified atom stereocenters. The van der Waals surface area contributed by atoms with Crippen molar-refractivity contribution in [2.75, 3.05) is 19.6 Å². The third-order valence-electron chi connectivity index (χ3n) is 3.07. The molecule has 0 bridgehead atoms. The molecular weight excluding hydrogens is 176 g/mol. The minimum Gasteiger partial charge on any atom is -0.345 e. The predicted octanol–water partition coefficient (Wildman–Crippen LogP) is 0.516. The molecule has 0 radical (unpaired) electrons. The Morgan fingerprint density at radius 1 is 1.71 bits per heavy atom. The maximum atomic E-state index is 10.9. The maximum Gasteiger partial charge on any atom is 0.295 e. The van der Waals surface area contributed by atoms with Crippen LogP contribution in [0.5, 0.6) is 0 Å². The first kappa shape index (κ1) is 11.1. The monoisotopic (exact) mass is 194 g/mol. The van der Waals surface area contributed by atoms with Gasteiger partial charge in [-0.15, -0.1) is 6.42 Å². The van der Waals surface area contributed by atoms with E-state index in [9.17, 15) is 4.79 Å². The average Bonchev–Trinajstić information content (AvgIpc) is 2.27. The van der Waals surface area contributed by atoms with Crippen LogP contribution in [0.15, 0.2) is 0 Å². The first-order chi connectivity index (χ1) is 6.72. The van der Waals surface area contributed by atoms with Gasteiger partial charge in [-0.05, 0) is 37.1 Å². The van der Waals surface area contributed by atoms with Gasteiger partial charge < -0.3 is 10.6 Å². The Labute approximate surface area is 85.6 Å². The van der Waals surface area contributed by atoms with E-state index in [1.54, 1.807) is 0 Å². The molecule has 0 aromatic heterocycles. The highest BCUT2D eigenvalue weighted by Crippen LogP contribution is 2.28. The molecule has 1 fully saturated rings. The molecule has 0 spiro atoms. The second-order valence-electron chi connectivity index (χ2n) is 3.96. The average molecular weight is 194 g/mol. The van der Waals surface area contributed by atoms with Gasteiger partial charge in [0, 0.05) is 13.1 Å². The summed E-state index contributed by atoms with van der Waals surface area (Å²) in [7, 11) is 0. The van der Waals surface area contributed by atoms with Gasteiger partial charge in [-0.3, -0.25) is 4.79 Å². The van der Waals surface area contributed by atoms with E-state index in [2.05, 4.69) is 23.5 Å². The first-order valence-electron chi connectivity index (χ1n) is 5.17. The summed E-state index contributed by atoms with van der Waals surface area (Å²) >= 11 is 0. The SMILES string of the molecule is C#CC(=O)NCC1(CC)CCCNC1. The molecule has 14 heavy (non-hydrogen) atoms. The van der Waals surface area contributed by atoms with E-state index < -0.39 is 0 Å². The van der Waals surface area contributed by atoms with Gasteiger partial charge in [-0.25, -0.2) is 0 Å². The molecule has 3 nitrogen and oxygen atoms in total. The van der Waals surface area contributed by atoms with E-state index >= 15 is 0 Å². The first-order valence-corrected chi connectivity index (χ1v) is 5.17. The van der Waals surface area contributed by atoms with E-state index in [0.29, 0.717) is 6.54 Å². The second-order valence-corrected chi connectivity index (χ2v) is 3.96. The van der Waals surface area contributed by atoms with Gasteiger partial charge in [0.05, 0.1) is 0 Å². The fraction of sp³-hybridized carbons (Fsp3) is 0.727. The van der Waals surface area contributed by atoms with Crippen LogP contribution in [0.4, 0.5) is 0 Å². The number of piperidine rings is 1. The summed E-state index contributed by atoms with van der Waals surface area (Å²) in [5.74, 6) is 1.77. The van der Waals surface area contributed by atoms with Crippen molar-refractivity contribution in [1.82, 2.24) is 10.6 Å². The fourth-order valence-corrected chi connectivity index (χ4v) is 1.93. The Balaban J connectivity index is 2.44. The molecule has 1 saturated heterocycles. The summed E-state index contributed by atoms with van der Waals surface area (Å²) in [5.41, 5.74) is 0.213. The van der Waals surface area contributed by atoms with Crippen molar-refractivity contribution in [3.8, 4) is 12.3 Å². The lowest BCUT2D eigenvalue weighted by Gasteiger charge is -2.36. The minimum absolute atomic E-state index is 0.213. The van der Waals surface area contributed by atoms with Gasteiger partial charge >= 0.3 is 0 Å². The van der Waals surface area contributed by atoms with Crippen molar-refractivity contribution in [3.05, 3.63) is 0 Å². The van der Waals surface area contributed by atoms with Gasteiger partial charge in [0.15, 0.2) is 0 Å². The molecule has 3 heteroatoms. The number of hydrogen-bond acceptors (Lipinski definition) is 2. The number of terminal acetylenes is 1. The number of amides is 1. The third-order valence-corrected chi connectivity index (χ3v) is 3.07. The van der Waals surface area contributed by atoms with E-state index in [1.807, 2.05) is 0 Å². The predicted molar refractivity (Wildman–Crippen MR) is 56.7 cm³/mol. The highest BCUT2D eigenvalue weighted by Gasteiger charge is 2.30. The molecule has 0 saturated carbocycles. The van der Waals surface area contributed by atoms with Crippen LogP contribution in [0.1, 0.15) is 26.2 Å². The van der Waals surface area contributed by atoms with Gasteiger partial charge in [0.1, 0.15) is 0 Å². The lowest BCUT2D eigenvalue weighted by molar-refractivity contribution is -0.116. The van der Waals surface area contributed by atoms with E-state index in [-0.39, 0.29) is 11.3 Å². The van der Waals surface area contributed by atoms with Gasteiger partial charge in [0.25, 0.3) is 5.91 Å².